The van der Waals surface area contributed by atoms with Gasteiger partial charge in [0.15, 0.2) is 0 Å². The minimum absolute atomic E-state index is 0.507. The molecule has 1 aromatic heterocycles. The zero-order valence-electron chi connectivity index (χ0n) is 10.7. The lowest BCUT2D eigenvalue weighted by Gasteiger charge is -2.15. The molecule has 1 N–H and O–H groups in total. The van der Waals surface area contributed by atoms with Crippen molar-refractivity contribution in [2.24, 2.45) is 0 Å². The molecule has 0 fully saturated rings. The van der Waals surface area contributed by atoms with Crippen LogP contribution in [0.4, 0.5) is 13.2 Å². The zero-order valence-corrected chi connectivity index (χ0v) is 10.7. The van der Waals surface area contributed by atoms with Gasteiger partial charge in [-0.1, -0.05) is 12.1 Å². The van der Waals surface area contributed by atoms with Gasteiger partial charge in [0.1, 0.15) is 0 Å². The van der Waals surface area contributed by atoms with Gasteiger partial charge < -0.3 is 5.32 Å². The van der Waals surface area contributed by atoms with Gasteiger partial charge in [-0.2, -0.15) is 18.3 Å². The van der Waals surface area contributed by atoms with Crippen LogP contribution in [-0.2, 0) is 25.7 Å². The number of hydrogen-bond donors (Lipinski definition) is 1. The van der Waals surface area contributed by atoms with Crippen molar-refractivity contribution in [1.29, 1.82) is 0 Å². The molecular formula is C14H14F3N3. The summed E-state index contributed by atoms with van der Waals surface area (Å²) in [5.41, 5.74) is 2.54. The minimum Gasteiger partial charge on any atom is -0.312 e. The molecule has 106 valence electrons. The Bertz CT molecular complexity index is 599. The summed E-state index contributed by atoms with van der Waals surface area (Å²) < 4.78 is 39.4. The van der Waals surface area contributed by atoms with Crippen molar-refractivity contribution in [1.82, 2.24) is 15.1 Å². The number of alkyl halides is 3. The van der Waals surface area contributed by atoms with E-state index in [-0.39, 0.29) is 0 Å². The summed E-state index contributed by atoms with van der Waals surface area (Å²) in [7, 11) is 0. The zero-order chi connectivity index (χ0) is 14.2. The average Bonchev–Trinajstić information content (AvgIpc) is 2.82. The van der Waals surface area contributed by atoms with E-state index in [0.29, 0.717) is 6.54 Å². The second-order valence-corrected chi connectivity index (χ2v) is 4.90. The third-order valence-electron chi connectivity index (χ3n) is 3.50. The lowest BCUT2D eigenvalue weighted by Crippen LogP contribution is -2.24. The molecule has 0 atom stereocenters. The van der Waals surface area contributed by atoms with E-state index in [9.17, 15) is 13.2 Å². The second-order valence-electron chi connectivity index (χ2n) is 4.90. The molecule has 0 spiro atoms. The molecule has 0 bridgehead atoms. The fourth-order valence-electron chi connectivity index (χ4n) is 2.42. The van der Waals surface area contributed by atoms with Gasteiger partial charge in [-0.25, -0.2) is 0 Å². The van der Waals surface area contributed by atoms with E-state index in [0.717, 1.165) is 37.2 Å². The molecule has 1 aliphatic rings. The van der Waals surface area contributed by atoms with Crippen molar-refractivity contribution < 1.29 is 13.2 Å². The average molecular weight is 281 g/mol. The van der Waals surface area contributed by atoms with Crippen LogP contribution in [0.5, 0.6) is 0 Å². The van der Waals surface area contributed by atoms with Crippen molar-refractivity contribution in [2.75, 3.05) is 6.54 Å². The Morgan fingerprint density at radius 3 is 2.65 bits per heavy atom. The highest BCUT2D eigenvalue weighted by atomic mass is 19.4. The van der Waals surface area contributed by atoms with Crippen LogP contribution in [0.15, 0.2) is 30.5 Å². The Hall–Kier alpha value is -1.82. The smallest absolute Gasteiger partial charge is 0.312 e. The number of halogens is 3. The largest absolute Gasteiger partial charge is 0.416 e. The summed E-state index contributed by atoms with van der Waals surface area (Å²) in [6.07, 6.45) is -1.56. The van der Waals surface area contributed by atoms with Gasteiger partial charge >= 0.3 is 6.18 Å². The fraction of sp³-hybridized carbons (Fsp3) is 0.357. The Kier molecular flexibility index (Phi) is 3.25. The maximum Gasteiger partial charge on any atom is 0.416 e. The van der Waals surface area contributed by atoms with E-state index in [1.54, 1.807) is 0 Å². The van der Waals surface area contributed by atoms with Crippen molar-refractivity contribution >= 4 is 0 Å². The Balaban J connectivity index is 1.80. The predicted octanol–water partition coefficient (Wildman–Crippen LogP) is 2.60. The molecule has 3 nitrogen and oxygen atoms in total. The number of aromatic nitrogens is 2. The molecule has 0 saturated heterocycles. The van der Waals surface area contributed by atoms with Crippen molar-refractivity contribution in [2.45, 2.75) is 25.7 Å². The summed E-state index contributed by atoms with van der Waals surface area (Å²) in [5, 5.41) is 7.58. The standard InChI is InChI=1S/C14H14F3N3/c15-14(16,17)12-3-1-10(2-4-12)9-20-13-5-6-18-7-11(13)8-19-20/h1-4,8,18H,5-7,9H2. The highest BCUT2D eigenvalue weighted by Gasteiger charge is 2.29. The first-order chi connectivity index (χ1) is 9.54. The number of fused-ring (bicyclic) bond motifs is 1. The van der Waals surface area contributed by atoms with E-state index in [2.05, 4.69) is 10.4 Å². The van der Waals surface area contributed by atoms with Crippen molar-refractivity contribution in [3.05, 3.63) is 52.8 Å². The van der Waals surface area contributed by atoms with Crippen LogP contribution in [0.3, 0.4) is 0 Å². The van der Waals surface area contributed by atoms with Crippen LogP contribution in [0.25, 0.3) is 0 Å². The summed E-state index contributed by atoms with van der Waals surface area (Å²) in [4.78, 5) is 0. The lowest BCUT2D eigenvalue weighted by molar-refractivity contribution is -0.137. The lowest BCUT2D eigenvalue weighted by atomic mass is 10.1. The van der Waals surface area contributed by atoms with E-state index in [1.165, 1.54) is 23.4 Å². The minimum atomic E-state index is -4.28. The van der Waals surface area contributed by atoms with E-state index in [1.807, 2.05) is 10.9 Å². The van der Waals surface area contributed by atoms with Gasteiger partial charge in [-0.15, -0.1) is 0 Å². The summed E-state index contributed by atoms with van der Waals surface area (Å²) >= 11 is 0. The molecule has 1 aromatic carbocycles. The van der Waals surface area contributed by atoms with Crippen molar-refractivity contribution in [3.63, 3.8) is 0 Å². The molecule has 6 heteroatoms. The maximum absolute atomic E-state index is 12.5. The van der Waals surface area contributed by atoms with Gasteiger partial charge in [-0.05, 0) is 17.7 Å². The molecule has 0 unspecified atom stereocenters. The third kappa shape index (κ3) is 2.56. The number of nitrogens with zero attached hydrogens (tertiary/aromatic N) is 2. The van der Waals surface area contributed by atoms with E-state index in [4.69, 9.17) is 0 Å². The van der Waals surface area contributed by atoms with Gasteiger partial charge in [0.25, 0.3) is 0 Å². The number of hydrogen-bond acceptors (Lipinski definition) is 2. The third-order valence-corrected chi connectivity index (χ3v) is 3.50. The molecule has 2 aromatic rings. The first-order valence-electron chi connectivity index (χ1n) is 6.44. The highest BCUT2D eigenvalue weighted by Crippen LogP contribution is 2.29. The van der Waals surface area contributed by atoms with Crippen LogP contribution in [0.1, 0.15) is 22.4 Å². The van der Waals surface area contributed by atoms with Gasteiger partial charge in [0.2, 0.25) is 0 Å². The van der Waals surface area contributed by atoms with Gasteiger partial charge in [-0.3, -0.25) is 4.68 Å². The molecular weight excluding hydrogens is 267 g/mol. The van der Waals surface area contributed by atoms with E-state index >= 15 is 0 Å². The normalized spacial score (nSPS) is 15.2. The molecule has 0 aliphatic carbocycles. The summed E-state index contributed by atoms with van der Waals surface area (Å²) in [6, 6.07) is 5.26. The van der Waals surface area contributed by atoms with E-state index < -0.39 is 11.7 Å². The Morgan fingerprint density at radius 1 is 1.20 bits per heavy atom. The number of nitrogens with one attached hydrogen (secondary N) is 1. The SMILES string of the molecule is FC(F)(F)c1ccc(Cn2ncc3c2CCNC3)cc1. The molecule has 20 heavy (non-hydrogen) atoms. The summed E-state index contributed by atoms with van der Waals surface area (Å²) in [6.45, 7) is 2.22. The first kappa shape index (κ1) is 13.2. The summed E-state index contributed by atoms with van der Waals surface area (Å²) in [5.74, 6) is 0. The van der Waals surface area contributed by atoms with Crippen LogP contribution in [0.2, 0.25) is 0 Å². The molecule has 3 rings (SSSR count). The van der Waals surface area contributed by atoms with Crippen LogP contribution in [-0.4, -0.2) is 16.3 Å². The number of rotatable bonds is 2. The first-order valence-corrected chi connectivity index (χ1v) is 6.44. The highest BCUT2D eigenvalue weighted by molar-refractivity contribution is 5.26. The van der Waals surface area contributed by atoms with Crippen LogP contribution < -0.4 is 5.32 Å². The molecule has 0 radical (unpaired) electrons. The van der Waals surface area contributed by atoms with Gasteiger partial charge in [0.05, 0.1) is 18.3 Å². The van der Waals surface area contributed by atoms with Crippen LogP contribution >= 0.6 is 0 Å². The molecule has 0 amide bonds. The monoisotopic (exact) mass is 281 g/mol. The van der Waals surface area contributed by atoms with Gasteiger partial charge in [0, 0.05) is 30.8 Å². The van der Waals surface area contributed by atoms with Crippen molar-refractivity contribution in [3.8, 4) is 0 Å². The topological polar surface area (TPSA) is 29.9 Å². The van der Waals surface area contributed by atoms with Crippen LogP contribution in [0, 0.1) is 0 Å². The number of benzene rings is 1. The molecule has 1 aliphatic heterocycles. The Labute approximate surface area is 114 Å². The maximum atomic E-state index is 12.5. The Morgan fingerprint density at radius 2 is 1.95 bits per heavy atom. The molecule has 0 saturated carbocycles. The predicted molar refractivity (Wildman–Crippen MR) is 68.2 cm³/mol. The second kappa shape index (κ2) is 4.94. The quantitative estimate of drug-likeness (QED) is 0.917. The molecule has 2 heterocycles. The fourth-order valence-corrected chi connectivity index (χ4v) is 2.42.